The van der Waals surface area contributed by atoms with Crippen LogP contribution in [0.25, 0.3) is 0 Å². The van der Waals surface area contributed by atoms with Crippen molar-refractivity contribution in [2.24, 2.45) is 5.73 Å². The molecule has 1 aliphatic heterocycles. The quantitative estimate of drug-likeness (QED) is 0.852. The second-order valence-electron chi connectivity index (χ2n) is 5.10. The maximum absolute atomic E-state index is 11.6. The highest BCUT2D eigenvalue weighted by molar-refractivity contribution is 7.91. The van der Waals surface area contributed by atoms with Gasteiger partial charge in [0, 0.05) is 29.7 Å². The van der Waals surface area contributed by atoms with E-state index in [0.29, 0.717) is 23.1 Å². The summed E-state index contributed by atoms with van der Waals surface area (Å²) in [5.74, 6) is 0.412. The van der Waals surface area contributed by atoms with Crippen LogP contribution in [0, 0.1) is 0 Å². The van der Waals surface area contributed by atoms with E-state index >= 15 is 0 Å². The highest BCUT2D eigenvalue weighted by atomic mass is 35.5. The molecule has 0 bridgehead atoms. The number of nitrogens with zero attached hydrogens (tertiary/aromatic N) is 1. The van der Waals surface area contributed by atoms with Crippen LogP contribution in [0.5, 0.6) is 0 Å². The van der Waals surface area contributed by atoms with Gasteiger partial charge >= 0.3 is 0 Å². The van der Waals surface area contributed by atoms with Gasteiger partial charge in [-0.05, 0) is 18.6 Å². The maximum Gasteiger partial charge on any atom is 0.153 e. The fourth-order valence-electron chi connectivity index (χ4n) is 2.32. The molecule has 0 aromatic heterocycles. The van der Waals surface area contributed by atoms with Gasteiger partial charge in [0.15, 0.2) is 9.84 Å². The lowest BCUT2D eigenvalue weighted by molar-refractivity contribution is 0.218. The predicted octanol–water partition coefficient (Wildman–Crippen LogP) is 1.59. The first-order chi connectivity index (χ1) is 9.28. The lowest BCUT2D eigenvalue weighted by atomic mass is 10.1. The summed E-state index contributed by atoms with van der Waals surface area (Å²) in [6.07, 6.45) is 0. The van der Waals surface area contributed by atoms with Crippen LogP contribution in [-0.2, 0) is 16.4 Å². The molecule has 1 saturated heterocycles. The van der Waals surface area contributed by atoms with Crippen molar-refractivity contribution >= 4 is 38.6 Å². The van der Waals surface area contributed by atoms with E-state index < -0.39 is 9.84 Å². The zero-order valence-corrected chi connectivity index (χ0v) is 13.6. The Balaban J connectivity index is 2.13. The van der Waals surface area contributed by atoms with E-state index in [1.54, 1.807) is 6.07 Å². The van der Waals surface area contributed by atoms with E-state index in [0.717, 1.165) is 11.1 Å². The molecule has 4 nitrogen and oxygen atoms in total. The van der Waals surface area contributed by atoms with Crippen LogP contribution in [0.2, 0.25) is 5.02 Å². The van der Waals surface area contributed by atoms with Gasteiger partial charge in [0.2, 0.25) is 0 Å². The third-order valence-electron chi connectivity index (χ3n) is 3.52. The van der Waals surface area contributed by atoms with Crippen LogP contribution < -0.4 is 5.73 Å². The molecular formula is C13H17ClN2O2S2. The Labute approximate surface area is 129 Å². The van der Waals surface area contributed by atoms with Crippen molar-refractivity contribution in [2.45, 2.75) is 19.5 Å². The molecule has 0 radical (unpaired) electrons. The molecule has 1 heterocycles. The standard InChI is InChI=1S/C13H17ClN2O2S2/c1-9-8-20(17,18)5-4-16(9)7-11-3-2-10(13(15)19)6-12(11)14/h2-3,6,9H,4-5,7-8H2,1H3,(H2,15,19). The molecule has 7 heteroatoms. The second-order valence-corrected chi connectivity index (χ2v) is 8.18. The molecule has 1 unspecified atom stereocenters. The highest BCUT2D eigenvalue weighted by Crippen LogP contribution is 2.22. The minimum absolute atomic E-state index is 0.0000723. The van der Waals surface area contributed by atoms with Crippen molar-refractivity contribution in [3.63, 3.8) is 0 Å². The topological polar surface area (TPSA) is 63.4 Å². The van der Waals surface area contributed by atoms with Gasteiger partial charge in [0.25, 0.3) is 0 Å². The minimum Gasteiger partial charge on any atom is -0.389 e. The largest absolute Gasteiger partial charge is 0.389 e. The number of sulfone groups is 1. The summed E-state index contributed by atoms with van der Waals surface area (Å²) in [6.45, 7) is 3.10. The van der Waals surface area contributed by atoms with Crippen LogP contribution in [0.3, 0.4) is 0 Å². The second kappa shape index (κ2) is 5.97. The highest BCUT2D eigenvalue weighted by Gasteiger charge is 2.28. The molecule has 2 N–H and O–H groups in total. The molecule has 0 aliphatic carbocycles. The van der Waals surface area contributed by atoms with E-state index in [1.165, 1.54) is 0 Å². The minimum atomic E-state index is -2.89. The van der Waals surface area contributed by atoms with Crippen LogP contribution in [0.1, 0.15) is 18.1 Å². The SMILES string of the molecule is CC1CS(=O)(=O)CCN1Cc1ccc(C(N)=S)cc1Cl. The van der Waals surface area contributed by atoms with Gasteiger partial charge in [-0.3, -0.25) is 4.90 Å². The van der Waals surface area contributed by atoms with Gasteiger partial charge in [-0.25, -0.2) is 8.42 Å². The van der Waals surface area contributed by atoms with E-state index in [-0.39, 0.29) is 17.5 Å². The van der Waals surface area contributed by atoms with Gasteiger partial charge in [0.05, 0.1) is 11.5 Å². The van der Waals surface area contributed by atoms with Gasteiger partial charge in [0.1, 0.15) is 4.99 Å². The zero-order valence-electron chi connectivity index (χ0n) is 11.2. The number of nitrogens with two attached hydrogens (primary N) is 1. The average molecular weight is 333 g/mol. The first-order valence-electron chi connectivity index (χ1n) is 6.31. The fourth-order valence-corrected chi connectivity index (χ4v) is 4.31. The molecule has 1 atom stereocenters. The van der Waals surface area contributed by atoms with Crippen molar-refractivity contribution < 1.29 is 8.42 Å². The van der Waals surface area contributed by atoms with E-state index in [4.69, 9.17) is 29.6 Å². The van der Waals surface area contributed by atoms with Crippen molar-refractivity contribution in [3.05, 3.63) is 34.3 Å². The molecule has 1 fully saturated rings. The Kier molecular flexibility index (Phi) is 4.69. The maximum atomic E-state index is 11.6. The van der Waals surface area contributed by atoms with Crippen molar-refractivity contribution in [3.8, 4) is 0 Å². The molecule has 1 aliphatic rings. The summed E-state index contributed by atoms with van der Waals surface area (Å²) in [6, 6.07) is 5.49. The first kappa shape index (κ1) is 15.7. The number of benzene rings is 1. The molecular weight excluding hydrogens is 316 g/mol. The van der Waals surface area contributed by atoms with E-state index in [1.807, 2.05) is 19.1 Å². The van der Waals surface area contributed by atoms with Gasteiger partial charge in [-0.1, -0.05) is 36.0 Å². The Hall–Kier alpha value is -0.690. The number of halogens is 1. The molecule has 1 aromatic rings. The monoisotopic (exact) mass is 332 g/mol. The molecule has 110 valence electrons. The molecule has 20 heavy (non-hydrogen) atoms. The number of hydrogen-bond acceptors (Lipinski definition) is 4. The third-order valence-corrected chi connectivity index (χ3v) is 5.90. The van der Waals surface area contributed by atoms with Crippen LogP contribution >= 0.6 is 23.8 Å². The Bertz CT molecular complexity index is 631. The van der Waals surface area contributed by atoms with Crippen LogP contribution in [0.15, 0.2) is 18.2 Å². The summed E-state index contributed by atoms with van der Waals surface area (Å²) in [4.78, 5) is 2.44. The molecule has 0 saturated carbocycles. The van der Waals surface area contributed by atoms with Crippen LogP contribution in [-0.4, -0.2) is 42.4 Å². The summed E-state index contributed by atoms with van der Waals surface area (Å²) in [5.41, 5.74) is 7.26. The normalized spacial score (nSPS) is 22.6. The Morgan fingerprint density at radius 1 is 1.55 bits per heavy atom. The Morgan fingerprint density at radius 3 is 2.80 bits per heavy atom. The molecule has 0 amide bonds. The van der Waals surface area contributed by atoms with E-state index in [9.17, 15) is 8.42 Å². The number of rotatable bonds is 3. The smallest absolute Gasteiger partial charge is 0.153 e. The van der Waals surface area contributed by atoms with E-state index in [2.05, 4.69) is 4.90 Å². The van der Waals surface area contributed by atoms with Gasteiger partial charge in [-0.2, -0.15) is 0 Å². The third kappa shape index (κ3) is 3.69. The average Bonchev–Trinajstić information content (AvgIpc) is 2.33. The van der Waals surface area contributed by atoms with Crippen molar-refractivity contribution in [1.29, 1.82) is 0 Å². The first-order valence-corrected chi connectivity index (χ1v) is 8.92. The van der Waals surface area contributed by atoms with Crippen molar-refractivity contribution in [2.75, 3.05) is 18.1 Å². The number of hydrogen-bond donors (Lipinski definition) is 1. The molecule has 2 rings (SSSR count). The summed E-state index contributed by atoms with van der Waals surface area (Å²) in [5, 5.41) is 0.607. The molecule has 1 aromatic carbocycles. The fraction of sp³-hybridized carbons (Fsp3) is 0.462. The lowest BCUT2D eigenvalue weighted by Gasteiger charge is -2.33. The zero-order chi connectivity index (χ0) is 14.9. The summed E-state index contributed by atoms with van der Waals surface area (Å²) < 4.78 is 23.1. The number of thiocarbonyl (C=S) groups is 1. The Morgan fingerprint density at radius 2 is 2.25 bits per heavy atom. The summed E-state index contributed by atoms with van der Waals surface area (Å²) in [7, 11) is -2.89. The van der Waals surface area contributed by atoms with Crippen LogP contribution in [0.4, 0.5) is 0 Å². The molecule has 0 spiro atoms. The lowest BCUT2D eigenvalue weighted by Crippen LogP contribution is -2.46. The summed E-state index contributed by atoms with van der Waals surface area (Å²) >= 11 is 11.1. The van der Waals surface area contributed by atoms with Crippen molar-refractivity contribution in [1.82, 2.24) is 4.90 Å². The van der Waals surface area contributed by atoms with Gasteiger partial charge < -0.3 is 5.73 Å². The van der Waals surface area contributed by atoms with Gasteiger partial charge in [-0.15, -0.1) is 0 Å². The predicted molar refractivity (Wildman–Crippen MR) is 85.9 cm³/mol.